The molecule has 1 N–H and O–H groups in total. The molecule has 10 heteroatoms. The molecule has 1 amide bonds. The number of aromatic nitrogens is 2. The maximum absolute atomic E-state index is 12.8. The molecule has 2 aromatic heterocycles. The Morgan fingerprint density at radius 1 is 1.44 bits per heavy atom. The predicted molar refractivity (Wildman–Crippen MR) is 94.5 cm³/mol. The number of methoxy groups -OCH3 is 1. The van der Waals surface area contributed by atoms with Crippen molar-refractivity contribution >= 4 is 33.1 Å². The SMILES string of the molecule is COc1ccsc1S(=O)(=O)N[C@@H]1CCCN(c2cc(C)nn2C)C1=O. The highest BCUT2D eigenvalue weighted by Gasteiger charge is 2.35. The van der Waals surface area contributed by atoms with E-state index < -0.39 is 16.1 Å². The minimum atomic E-state index is -3.83. The third-order valence-corrected chi connectivity index (χ3v) is 6.97. The molecule has 136 valence electrons. The van der Waals surface area contributed by atoms with Crippen LogP contribution in [0.2, 0.25) is 0 Å². The van der Waals surface area contributed by atoms with Gasteiger partial charge in [-0.3, -0.25) is 14.4 Å². The standard InChI is InChI=1S/C15H20N4O4S2/c1-10-9-13(18(2)16-10)19-7-4-5-11(14(19)20)17-25(21,22)15-12(23-3)6-8-24-15/h6,8-9,11,17H,4-5,7H2,1-3H3/t11-/m1/s1. The summed E-state index contributed by atoms with van der Waals surface area (Å²) >= 11 is 1.06. The van der Waals surface area contributed by atoms with Crippen molar-refractivity contribution in [3.8, 4) is 5.75 Å². The van der Waals surface area contributed by atoms with Gasteiger partial charge in [-0.05, 0) is 31.2 Å². The second-order valence-electron chi connectivity index (χ2n) is 5.85. The Bertz CT molecular complexity index is 887. The Kier molecular flexibility index (Phi) is 4.85. The summed E-state index contributed by atoms with van der Waals surface area (Å²) in [4.78, 5) is 14.4. The third-order valence-electron chi connectivity index (χ3n) is 4.05. The number of aryl methyl sites for hydroxylation is 2. The summed E-state index contributed by atoms with van der Waals surface area (Å²) in [5.74, 6) is 0.674. The second-order valence-corrected chi connectivity index (χ2v) is 8.68. The smallest absolute Gasteiger partial charge is 0.254 e. The number of anilines is 1. The van der Waals surface area contributed by atoms with Gasteiger partial charge in [0.2, 0.25) is 5.91 Å². The average molecular weight is 384 g/mol. The second kappa shape index (κ2) is 6.77. The minimum absolute atomic E-state index is 0.0799. The number of ether oxygens (including phenoxy) is 1. The molecule has 3 heterocycles. The van der Waals surface area contributed by atoms with Crippen LogP contribution in [-0.4, -0.2) is 43.8 Å². The van der Waals surface area contributed by atoms with Gasteiger partial charge in [0.25, 0.3) is 10.0 Å². The summed E-state index contributed by atoms with van der Waals surface area (Å²) in [5.41, 5.74) is 0.802. The molecule has 0 aromatic carbocycles. The van der Waals surface area contributed by atoms with Crippen molar-refractivity contribution in [2.75, 3.05) is 18.6 Å². The molecule has 0 bridgehead atoms. The molecule has 0 saturated carbocycles. The molecule has 0 radical (unpaired) electrons. The lowest BCUT2D eigenvalue weighted by molar-refractivity contribution is -0.121. The van der Waals surface area contributed by atoms with Crippen molar-refractivity contribution < 1.29 is 17.9 Å². The van der Waals surface area contributed by atoms with Gasteiger partial charge in [-0.1, -0.05) is 0 Å². The Hall–Kier alpha value is -1.91. The van der Waals surface area contributed by atoms with E-state index >= 15 is 0 Å². The topological polar surface area (TPSA) is 93.5 Å². The molecular weight excluding hydrogens is 364 g/mol. The highest BCUT2D eigenvalue weighted by molar-refractivity contribution is 7.91. The van der Waals surface area contributed by atoms with E-state index in [9.17, 15) is 13.2 Å². The molecule has 3 rings (SSSR count). The van der Waals surface area contributed by atoms with Crippen LogP contribution in [0.4, 0.5) is 5.82 Å². The van der Waals surface area contributed by atoms with Crippen molar-refractivity contribution in [3.05, 3.63) is 23.2 Å². The van der Waals surface area contributed by atoms with Crippen molar-refractivity contribution in [2.24, 2.45) is 7.05 Å². The van der Waals surface area contributed by atoms with Crippen LogP contribution in [-0.2, 0) is 21.9 Å². The van der Waals surface area contributed by atoms with E-state index in [1.165, 1.54) is 7.11 Å². The van der Waals surface area contributed by atoms with E-state index in [2.05, 4.69) is 9.82 Å². The summed E-state index contributed by atoms with van der Waals surface area (Å²) in [6.07, 6.45) is 1.16. The van der Waals surface area contributed by atoms with E-state index in [-0.39, 0.29) is 15.9 Å². The van der Waals surface area contributed by atoms with Crippen molar-refractivity contribution in [2.45, 2.75) is 30.0 Å². The van der Waals surface area contributed by atoms with Crippen molar-refractivity contribution in [1.82, 2.24) is 14.5 Å². The minimum Gasteiger partial charge on any atom is -0.494 e. The molecule has 1 aliphatic heterocycles. The van der Waals surface area contributed by atoms with Crippen LogP contribution in [0.15, 0.2) is 21.7 Å². The first-order valence-corrected chi connectivity index (χ1v) is 10.2. The number of piperidine rings is 1. The van der Waals surface area contributed by atoms with Gasteiger partial charge in [-0.15, -0.1) is 11.3 Å². The van der Waals surface area contributed by atoms with Gasteiger partial charge in [0, 0.05) is 19.7 Å². The quantitative estimate of drug-likeness (QED) is 0.838. The molecule has 8 nitrogen and oxygen atoms in total. The highest BCUT2D eigenvalue weighted by Crippen LogP contribution is 2.30. The number of nitrogens with one attached hydrogen (secondary N) is 1. The number of sulfonamides is 1. The van der Waals surface area contributed by atoms with Crippen LogP contribution in [0, 0.1) is 6.92 Å². The Morgan fingerprint density at radius 2 is 2.20 bits per heavy atom. The van der Waals surface area contributed by atoms with Crippen LogP contribution in [0.1, 0.15) is 18.5 Å². The van der Waals surface area contributed by atoms with E-state index in [4.69, 9.17) is 4.74 Å². The molecule has 0 unspecified atom stereocenters. The third kappa shape index (κ3) is 3.42. The molecule has 2 aromatic rings. The van der Waals surface area contributed by atoms with Crippen molar-refractivity contribution in [3.63, 3.8) is 0 Å². The monoisotopic (exact) mass is 384 g/mol. The number of carbonyl (C=O) groups is 1. The number of hydrogen-bond acceptors (Lipinski definition) is 6. The zero-order valence-electron chi connectivity index (χ0n) is 14.2. The molecule has 0 spiro atoms. The maximum Gasteiger partial charge on any atom is 0.254 e. The number of nitrogens with zero attached hydrogens (tertiary/aromatic N) is 3. The largest absolute Gasteiger partial charge is 0.494 e. The fourth-order valence-electron chi connectivity index (χ4n) is 2.93. The number of carbonyl (C=O) groups excluding carboxylic acids is 1. The summed E-state index contributed by atoms with van der Waals surface area (Å²) in [7, 11) is -0.649. The van der Waals surface area contributed by atoms with Gasteiger partial charge in [-0.25, -0.2) is 8.42 Å². The highest BCUT2D eigenvalue weighted by atomic mass is 32.2. The summed E-state index contributed by atoms with van der Waals surface area (Å²) < 4.78 is 34.6. The lowest BCUT2D eigenvalue weighted by atomic mass is 10.1. The van der Waals surface area contributed by atoms with Crippen LogP contribution in [0.25, 0.3) is 0 Å². The average Bonchev–Trinajstić information content (AvgIpc) is 3.16. The molecule has 1 fully saturated rings. The summed E-state index contributed by atoms with van der Waals surface area (Å²) in [6, 6.07) is 2.60. The lowest BCUT2D eigenvalue weighted by Crippen LogP contribution is -2.52. The van der Waals surface area contributed by atoms with Gasteiger partial charge in [0.1, 0.15) is 17.6 Å². The lowest BCUT2D eigenvalue weighted by Gasteiger charge is -2.32. The first kappa shape index (κ1) is 17.9. The number of rotatable bonds is 5. The summed E-state index contributed by atoms with van der Waals surface area (Å²) in [5, 5.41) is 5.89. The van der Waals surface area contributed by atoms with Gasteiger partial charge < -0.3 is 4.74 Å². The molecular formula is C15H20N4O4S2. The number of thiophene rings is 1. The van der Waals surface area contributed by atoms with E-state index in [0.717, 1.165) is 17.0 Å². The zero-order chi connectivity index (χ0) is 18.2. The molecule has 1 saturated heterocycles. The van der Waals surface area contributed by atoms with Gasteiger partial charge >= 0.3 is 0 Å². The van der Waals surface area contributed by atoms with Crippen LogP contribution in [0.3, 0.4) is 0 Å². The normalized spacial score (nSPS) is 18.6. The zero-order valence-corrected chi connectivity index (χ0v) is 15.9. The van der Waals surface area contributed by atoms with Gasteiger partial charge in [0.05, 0.1) is 12.8 Å². The first-order chi connectivity index (χ1) is 11.8. The summed E-state index contributed by atoms with van der Waals surface area (Å²) in [6.45, 7) is 2.39. The van der Waals surface area contributed by atoms with Crippen molar-refractivity contribution in [1.29, 1.82) is 0 Å². The molecule has 1 aliphatic rings. The fraction of sp³-hybridized carbons (Fsp3) is 0.467. The first-order valence-electron chi connectivity index (χ1n) is 7.79. The van der Waals surface area contributed by atoms with Gasteiger partial charge in [-0.2, -0.15) is 9.82 Å². The number of hydrogen-bond donors (Lipinski definition) is 1. The molecule has 1 atom stereocenters. The van der Waals surface area contributed by atoms with Crippen LogP contribution < -0.4 is 14.4 Å². The van der Waals surface area contributed by atoms with E-state index in [1.807, 2.05) is 13.0 Å². The predicted octanol–water partition coefficient (Wildman–Crippen LogP) is 1.27. The fourth-order valence-corrected chi connectivity index (χ4v) is 5.45. The molecule has 25 heavy (non-hydrogen) atoms. The van der Waals surface area contributed by atoms with Crippen LogP contribution in [0.5, 0.6) is 5.75 Å². The Balaban J connectivity index is 1.83. The number of amides is 1. The van der Waals surface area contributed by atoms with E-state index in [1.54, 1.807) is 28.1 Å². The van der Waals surface area contributed by atoms with Gasteiger partial charge in [0.15, 0.2) is 4.21 Å². The Morgan fingerprint density at radius 3 is 2.84 bits per heavy atom. The maximum atomic E-state index is 12.8. The molecule has 0 aliphatic carbocycles. The van der Waals surface area contributed by atoms with Crippen LogP contribution >= 0.6 is 11.3 Å². The Labute approximate surface area is 150 Å². The van der Waals surface area contributed by atoms with E-state index in [0.29, 0.717) is 25.2 Å².